The maximum absolute atomic E-state index is 11.4. The van der Waals surface area contributed by atoms with Crippen molar-refractivity contribution in [2.75, 3.05) is 0 Å². The van der Waals surface area contributed by atoms with Crippen LogP contribution in [0.3, 0.4) is 0 Å². The minimum absolute atomic E-state index is 0.215. The van der Waals surface area contributed by atoms with Gasteiger partial charge in [0.2, 0.25) is 0 Å². The molecule has 0 saturated heterocycles. The molecular formula is C13H10N2O2S. The Kier molecular flexibility index (Phi) is 2.41. The second-order valence-corrected chi connectivity index (χ2v) is 4.97. The summed E-state index contributed by atoms with van der Waals surface area (Å²) in [4.78, 5) is 16.7. The van der Waals surface area contributed by atoms with E-state index in [9.17, 15) is 9.90 Å². The Balaban J connectivity index is 2.37. The number of aryl methyl sites for hydroxylation is 1. The van der Waals surface area contributed by atoms with E-state index in [2.05, 4.69) is 4.98 Å². The number of pyridine rings is 1. The van der Waals surface area contributed by atoms with Crippen LogP contribution < -0.4 is 0 Å². The van der Waals surface area contributed by atoms with Gasteiger partial charge in [0.15, 0.2) is 5.69 Å². The molecule has 90 valence electrons. The first-order valence-corrected chi connectivity index (χ1v) is 6.30. The molecule has 0 aromatic carbocycles. The molecule has 0 aliphatic carbocycles. The van der Waals surface area contributed by atoms with Crippen molar-refractivity contribution >= 4 is 23.0 Å². The fraction of sp³-hybridized carbons (Fsp3) is 0.0769. The van der Waals surface area contributed by atoms with Crippen LogP contribution in [0.15, 0.2) is 35.8 Å². The summed E-state index contributed by atoms with van der Waals surface area (Å²) in [6, 6.07) is 7.52. The number of aromatic nitrogens is 2. The lowest BCUT2D eigenvalue weighted by Crippen LogP contribution is -2.03. The van der Waals surface area contributed by atoms with Crippen LogP contribution in [0.5, 0.6) is 0 Å². The zero-order chi connectivity index (χ0) is 12.7. The third-order valence-corrected chi connectivity index (χ3v) is 3.62. The van der Waals surface area contributed by atoms with Crippen molar-refractivity contribution < 1.29 is 9.90 Å². The molecule has 0 fully saturated rings. The highest BCUT2D eigenvalue weighted by Crippen LogP contribution is 2.28. The van der Waals surface area contributed by atoms with Gasteiger partial charge in [-0.3, -0.25) is 4.40 Å². The van der Waals surface area contributed by atoms with Crippen molar-refractivity contribution in [3.8, 4) is 10.6 Å². The van der Waals surface area contributed by atoms with Gasteiger partial charge in [-0.2, -0.15) is 0 Å². The van der Waals surface area contributed by atoms with Gasteiger partial charge in [0, 0.05) is 6.20 Å². The van der Waals surface area contributed by atoms with Gasteiger partial charge in [-0.1, -0.05) is 6.07 Å². The number of rotatable bonds is 2. The fourth-order valence-corrected chi connectivity index (χ4v) is 2.65. The van der Waals surface area contributed by atoms with Crippen molar-refractivity contribution in [3.05, 3.63) is 47.1 Å². The van der Waals surface area contributed by atoms with Gasteiger partial charge in [0.1, 0.15) is 11.3 Å². The predicted octanol–water partition coefficient (Wildman–Crippen LogP) is 3.07. The van der Waals surface area contributed by atoms with Crippen molar-refractivity contribution in [1.82, 2.24) is 9.38 Å². The SMILES string of the molecule is Cc1ccn2c(C(=O)O)c(-c3cccs3)nc2c1. The normalized spacial score (nSPS) is 10.9. The number of aromatic carboxylic acids is 1. The number of fused-ring (bicyclic) bond motifs is 1. The summed E-state index contributed by atoms with van der Waals surface area (Å²) < 4.78 is 1.62. The van der Waals surface area contributed by atoms with Crippen LogP contribution in [0.4, 0.5) is 0 Å². The number of carbonyl (C=O) groups is 1. The third kappa shape index (κ3) is 1.60. The second-order valence-electron chi connectivity index (χ2n) is 4.02. The molecule has 0 saturated carbocycles. The van der Waals surface area contributed by atoms with E-state index in [1.165, 1.54) is 11.3 Å². The molecule has 3 heterocycles. The van der Waals surface area contributed by atoms with E-state index in [0.29, 0.717) is 11.3 Å². The molecule has 0 bridgehead atoms. The highest BCUT2D eigenvalue weighted by molar-refractivity contribution is 7.13. The van der Waals surface area contributed by atoms with E-state index in [4.69, 9.17) is 0 Å². The third-order valence-electron chi connectivity index (χ3n) is 2.74. The highest BCUT2D eigenvalue weighted by atomic mass is 32.1. The average Bonchev–Trinajstić information content (AvgIpc) is 2.93. The van der Waals surface area contributed by atoms with Gasteiger partial charge in [-0.25, -0.2) is 9.78 Å². The largest absolute Gasteiger partial charge is 0.476 e. The molecule has 3 rings (SSSR count). The Morgan fingerprint density at radius 1 is 1.44 bits per heavy atom. The molecule has 0 radical (unpaired) electrons. The van der Waals surface area contributed by atoms with Crippen LogP contribution >= 0.6 is 11.3 Å². The number of hydrogen-bond acceptors (Lipinski definition) is 3. The Morgan fingerprint density at radius 3 is 2.94 bits per heavy atom. The average molecular weight is 258 g/mol. The van der Waals surface area contributed by atoms with E-state index < -0.39 is 5.97 Å². The van der Waals surface area contributed by atoms with E-state index >= 15 is 0 Å². The lowest BCUT2D eigenvalue weighted by molar-refractivity contribution is 0.0690. The molecule has 1 N–H and O–H groups in total. The molecule has 0 spiro atoms. The number of carboxylic acids is 1. The standard InChI is InChI=1S/C13H10N2O2S/c1-8-4-5-15-10(7-8)14-11(12(15)13(16)17)9-3-2-6-18-9/h2-7H,1H3,(H,16,17). The topological polar surface area (TPSA) is 54.6 Å². The summed E-state index contributed by atoms with van der Waals surface area (Å²) in [7, 11) is 0. The minimum Gasteiger partial charge on any atom is -0.476 e. The van der Waals surface area contributed by atoms with Crippen LogP contribution in [-0.2, 0) is 0 Å². The Labute approximate surface area is 107 Å². The molecule has 18 heavy (non-hydrogen) atoms. The lowest BCUT2D eigenvalue weighted by Gasteiger charge is -1.98. The van der Waals surface area contributed by atoms with Gasteiger partial charge < -0.3 is 5.11 Å². The van der Waals surface area contributed by atoms with Gasteiger partial charge in [-0.15, -0.1) is 11.3 Å². The van der Waals surface area contributed by atoms with Crippen molar-refractivity contribution in [2.24, 2.45) is 0 Å². The Bertz CT molecular complexity index is 729. The summed E-state index contributed by atoms with van der Waals surface area (Å²) >= 11 is 1.49. The molecule has 0 aliphatic rings. The molecule has 3 aromatic heterocycles. The maximum Gasteiger partial charge on any atom is 0.355 e. The van der Waals surface area contributed by atoms with Crippen LogP contribution in [0.25, 0.3) is 16.2 Å². The first-order valence-electron chi connectivity index (χ1n) is 5.42. The number of imidazole rings is 1. The minimum atomic E-state index is -0.963. The zero-order valence-corrected chi connectivity index (χ0v) is 10.4. The first kappa shape index (κ1) is 11.0. The summed E-state index contributed by atoms with van der Waals surface area (Å²) in [6.45, 7) is 1.96. The van der Waals surface area contributed by atoms with Gasteiger partial charge in [0.05, 0.1) is 4.88 Å². The second kappa shape index (κ2) is 3.96. The Morgan fingerprint density at radius 2 is 2.28 bits per heavy atom. The molecule has 0 aliphatic heterocycles. The highest BCUT2D eigenvalue weighted by Gasteiger charge is 2.20. The van der Waals surface area contributed by atoms with Gasteiger partial charge in [0.25, 0.3) is 0 Å². The van der Waals surface area contributed by atoms with E-state index in [1.807, 2.05) is 36.6 Å². The van der Waals surface area contributed by atoms with E-state index in [0.717, 1.165) is 10.4 Å². The molecule has 3 aromatic rings. The van der Waals surface area contributed by atoms with Gasteiger partial charge >= 0.3 is 5.97 Å². The zero-order valence-electron chi connectivity index (χ0n) is 9.62. The molecule has 0 unspecified atom stereocenters. The van der Waals surface area contributed by atoms with E-state index in [-0.39, 0.29) is 5.69 Å². The van der Waals surface area contributed by atoms with Crippen molar-refractivity contribution in [2.45, 2.75) is 6.92 Å². The summed E-state index contributed by atoms with van der Waals surface area (Å²) in [5.41, 5.74) is 2.47. The van der Waals surface area contributed by atoms with Crippen molar-refractivity contribution in [1.29, 1.82) is 0 Å². The molecule has 4 nitrogen and oxygen atoms in total. The van der Waals surface area contributed by atoms with Crippen LogP contribution in [-0.4, -0.2) is 20.5 Å². The number of nitrogens with zero attached hydrogens (tertiary/aromatic N) is 2. The molecular weight excluding hydrogens is 248 g/mol. The van der Waals surface area contributed by atoms with Crippen LogP contribution in [0, 0.1) is 6.92 Å². The molecule has 0 atom stereocenters. The predicted molar refractivity (Wildman–Crippen MR) is 70.2 cm³/mol. The van der Waals surface area contributed by atoms with Crippen LogP contribution in [0.2, 0.25) is 0 Å². The molecule has 5 heteroatoms. The summed E-state index contributed by atoms with van der Waals surface area (Å²) in [5, 5.41) is 11.3. The van der Waals surface area contributed by atoms with Crippen molar-refractivity contribution in [3.63, 3.8) is 0 Å². The summed E-state index contributed by atoms with van der Waals surface area (Å²) in [6.07, 6.45) is 1.75. The van der Waals surface area contributed by atoms with E-state index in [1.54, 1.807) is 10.6 Å². The Hall–Kier alpha value is -2.14. The number of thiophene rings is 1. The number of carboxylic acid groups (broad SMARTS) is 1. The monoisotopic (exact) mass is 258 g/mol. The maximum atomic E-state index is 11.4. The van der Waals surface area contributed by atoms with Crippen LogP contribution in [0.1, 0.15) is 16.1 Å². The molecule has 0 amide bonds. The first-order chi connectivity index (χ1) is 8.66. The number of hydrogen-bond donors (Lipinski definition) is 1. The quantitative estimate of drug-likeness (QED) is 0.768. The lowest BCUT2D eigenvalue weighted by atomic mass is 10.2. The van der Waals surface area contributed by atoms with Gasteiger partial charge in [-0.05, 0) is 36.1 Å². The fourth-order valence-electron chi connectivity index (χ4n) is 1.94. The summed E-state index contributed by atoms with van der Waals surface area (Å²) in [5.74, 6) is -0.963. The smallest absolute Gasteiger partial charge is 0.355 e.